The van der Waals surface area contributed by atoms with Crippen LogP contribution in [0.25, 0.3) is 22.2 Å². The van der Waals surface area contributed by atoms with Gasteiger partial charge in [-0.15, -0.1) is 0 Å². The number of unbranched alkanes of at least 4 members (excludes halogenated alkanes) is 1. The van der Waals surface area contributed by atoms with Crippen molar-refractivity contribution in [1.82, 2.24) is 4.98 Å². The number of hydrogen-bond acceptors (Lipinski definition) is 2. The van der Waals surface area contributed by atoms with E-state index in [0.29, 0.717) is 12.1 Å². The number of halogens is 1. The van der Waals surface area contributed by atoms with Crippen LogP contribution in [0, 0.1) is 0 Å². The number of nitrogens with two attached hydrogens (primary N) is 1. The highest BCUT2D eigenvalue weighted by Gasteiger charge is 2.16. The number of benzene rings is 2. The molecule has 24 heavy (non-hydrogen) atoms. The van der Waals surface area contributed by atoms with E-state index in [1.54, 1.807) is 12.1 Å². The molecule has 1 aromatic heterocycles. The lowest BCUT2D eigenvalue weighted by molar-refractivity contribution is 0.0697. The van der Waals surface area contributed by atoms with E-state index in [0.717, 1.165) is 51.5 Å². The Bertz CT molecular complexity index is 886. The zero-order valence-corrected chi connectivity index (χ0v) is 14.8. The Kier molecular flexibility index (Phi) is 5.02. The van der Waals surface area contributed by atoms with Gasteiger partial charge in [0.15, 0.2) is 0 Å². The molecule has 0 aliphatic rings. The van der Waals surface area contributed by atoms with Gasteiger partial charge in [-0.2, -0.15) is 0 Å². The third-order valence-corrected chi connectivity index (χ3v) is 4.87. The molecule has 0 aliphatic carbocycles. The molecular weight excluding hydrogens is 368 g/mol. The molecular formula is C19H19BrN2O2. The highest BCUT2D eigenvalue weighted by atomic mass is 79.9. The van der Waals surface area contributed by atoms with E-state index in [-0.39, 0.29) is 0 Å². The van der Waals surface area contributed by atoms with Crippen LogP contribution in [0.1, 0.15) is 28.8 Å². The largest absolute Gasteiger partial charge is 0.478 e. The van der Waals surface area contributed by atoms with Gasteiger partial charge in [0.05, 0.1) is 11.3 Å². The lowest BCUT2D eigenvalue weighted by atomic mass is 9.99. The maximum atomic E-state index is 11.3. The van der Waals surface area contributed by atoms with Crippen LogP contribution in [-0.2, 0) is 6.42 Å². The minimum absolute atomic E-state index is 0.306. The second-order valence-corrected chi connectivity index (χ2v) is 6.62. The van der Waals surface area contributed by atoms with Gasteiger partial charge in [-0.05, 0) is 55.6 Å². The molecule has 0 saturated carbocycles. The van der Waals surface area contributed by atoms with Gasteiger partial charge in [-0.25, -0.2) is 4.79 Å². The number of carbonyl (C=O) groups is 1. The third-order valence-electron chi connectivity index (χ3n) is 4.18. The first-order valence-electron chi connectivity index (χ1n) is 7.94. The lowest BCUT2D eigenvalue weighted by Crippen LogP contribution is -1.99. The van der Waals surface area contributed by atoms with Gasteiger partial charge < -0.3 is 15.8 Å². The fourth-order valence-electron chi connectivity index (χ4n) is 2.98. The van der Waals surface area contributed by atoms with E-state index in [9.17, 15) is 9.90 Å². The topological polar surface area (TPSA) is 79.1 Å². The lowest BCUT2D eigenvalue weighted by Gasteiger charge is -2.07. The number of rotatable bonds is 6. The average Bonchev–Trinajstić information content (AvgIpc) is 2.93. The average molecular weight is 387 g/mol. The highest BCUT2D eigenvalue weighted by molar-refractivity contribution is 9.10. The molecule has 5 heteroatoms. The Morgan fingerprint density at radius 2 is 1.96 bits per heavy atom. The highest BCUT2D eigenvalue weighted by Crippen LogP contribution is 2.35. The zero-order chi connectivity index (χ0) is 17.1. The van der Waals surface area contributed by atoms with Gasteiger partial charge in [0.2, 0.25) is 0 Å². The second-order valence-electron chi connectivity index (χ2n) is 5.77. The number of fused-ring (bicyclic) bond motifs is 1. The quantitative estimate of drug-likeness (QED) is 0.542. The predicted octanol–water partition coefficient (Wildman–Crippen LogP) is 4.58. The van der Waals surface area contributed by atoms with Crippen LogP contribution >= 0.6 is 15.9 Å². The summed E-state index contributed by atoms with van der Waals surface area (Å²) in [5, 5.41) is 10.3. The van der Waals surface area contributed by atoms with Gasteiger partial charge >= 0.3 is 5.97 Å². The van der Waals surface area contributed by atoms with Crippen molar-refractivity contribution in [3.05, 3.63) is 58.1 Å². The maximum Gasteiger partial charge on any atom is 0.335 e. The van der Waals surface area contributed by atoms with Gasteiger partial charge in [0.25, 0.3) is 0 Å². The van der Waals surface area contributed by atoms with Crippen LogP contribution in [-0.4, -0.2) is 22.6 Å². The van der Waals surface area contributed by atoms with Crippen LogP contribution in [0.3, 0.4) is 0 Å². The normalized spacial score (nSPS) is 11.1. The van der Waals surface area contributed by atoms with Crippen molar-refractivity contribution >= 4 is 32.8 Å². The monoisotopic (exact) mass is 386 g/mol. The van der Waals surface area contributed by atoms with Crippen molar-refractivity contribution < 1.29 is 9.90 Å². The smallest absolute Gasteiger partial charge is 0.335 e. The summed E-state index contributed by atoms with van der Waals surface area (Å²) in [6.45, 7) is 0.660. The maximum absolute atomic E-state index is 11.3. The Morgan fingerprint density at radius 1 is 1.17 bits per heavy atom. The molecule has 124 valence electrons. The molecule has 0 amide bonds. The molecule has 0 spiro atoms. The van der Waals surface area contributed by atoms with Crippen LogP contribution in [0.2, 0.25) is 0 Å². The Balaban J connectivity index is 2.18. The summed E-state index contributed by atoms with van der Waals surface area (Å²) in [7, 11) is 0. The van der Waals surface area contributed by atoms with E-state index >= 15 is 0 Å². The summed E-state index contributed by atoms with van der Waals surface area (Å²) in [5.41, 5.74) is 10.1. The summed E-state index contributed by atoms with van der Waals surface area (Å²) < 4.78 is 1.01. The molecule has 0 saturated heterocycles. The number of aryl methyl sites for hydroxylation is 1. The molecule has 0 unspecified atom stereocenters. The predicted molar refractivity (Wildman–Crippen MR) is 100 cm³/mol. The zero-order valence-electron chi connectivity index (χ0n) is 13.2. The standard InChI is InChI=1S/C19H19BrN2O2/c20-16-7-2-1-6-14(16)18-13(5-3-4-10-21)15-11-12(19(23)24)8-9-17(15)22-18/h1-2,6-9,11,22H,3-5,10,21H2,(H,23,24). The molecule has 0 bridgehead atoms. The second kappa shape index (κ2) is 7.20. The number of nitrogens with one attached hydrogen (secondary N) is 1. The van der Waals surface area contributed by atoms with Gasteiger partial charge in [0.1, 0.15) is 0 Å². The molecule has 3 aromatic rings. The van der Waals surface area contributed by atoms with Crippen molar-refractivity contribution in [2.75, 3.05) is 6.54 Å². The number of aromatic carboxylic acids is 1. The number of aromatic nitrogens is 1. The van der Waals surface area contributed by atoms with Gasteiger partial charge in [-0.1, -0.05) is 34.1 Å². The molecule has 0 radical (unpaired) electrons. The Hall–Kier alpha value is -2.11. The molecule has 0 atom stereocenters. The minimum Gasteiger partial charge on any atom is -0.478 e. The fraction of sp³-hybridized carbons (Fsp3) is 0.211. The van der Waals surface area contributed by atoms with E-state index < -0.39 is 5.97 Å². The summed E-state index contributed by atoms with van der Waals surface area (Å²) in [5.74, 6) is -0.909. The number of carboxylic acid groups (broad SMARTS) is 1. The van der Waals surface area contributed by atoms with Crippen molar-refractivity contribution in [3.63, 3.8) is 0 Å². The van der Waals surface area contributed by atoms with Crippen molar-refractivity contribution in [3.8, 4) is 11.3 Å². The van der Waals surface area contributed by atoms with Crippen LogP contribution in [0.4, 0.5) is 0 Å². The molecule has 3 rings (SSSR count). The molecule has 4 N–H and O–H groups in total. The number of carboxylic acids is 1. The third kappa shape index (κ3) is 3.23. The van der Waals surface area contributed by atoms with E-state index in [1.807, 2.05) is 24.3 Å². The SMILES string of the molecule is NCCCCc1c(-c2ccccc2Br)[nH]c2ccc(C(=O)O)cc12. The first kappa shape index (κ1) is 16.7. The Labute approximate surface area is 148 Å². The molecule has 2 aromatic carbocycles. The van der Waals surface area contributed by atoms with Gasteiger partial charge in [0, 0.05) is 20.9 Å². The van der Waals surface area contributed by atoms with E-state index in [1.165, 1.54) is 0 Å². The van der Waals surface area contributed by atoms with Gasteiger partial charge in [-0.3, -0.25) is 0 Å². The summed E-state index contributed by atoms with van der Waals surface area (Å²) in [6, 6.07) is 13.3. The molecule has 0 fully saturated rings. The van der Waals surface area contributed by atoms with E-state index in [2.05, 4.69) is 27.0 Å². The van der Waals surface area contributed by atoms with Crippen molar-refractivity contribution in [2.24, 2.45) is 5.73 Å². The van der Waals surface area contributed by atoms with Crippen LogP contribution < -0.4 is 5.73 Å². The number of hydrogen-bond donors (Lipinski definition) is 3. The summed E-state index contributed by atoms with van der Waals surface area (Å²) in [4.78, 5) is 14.8. The Morgan fingerprint density at radius 3 is 2.67 bits per heavy atom. The summed E-state index contributed by atoms with van der Waals surface area (Å²) >= 11 is 3.61. The minimum atomic E-state index is -0.909. The van der Waals surface area contributed by atoms with Crippen molar-refractivity contribution in [1.29, 1.82) is 0 Å². The van der Waals surface area contributed by atoms with Crippen LogP contribution in [0.5, 0.6) is 0 Å². The summed E-state index contributed by atoms with van der Waals surface area (Å²) in [6.07, 6.45) is 2.77. The fourth-order valence-corrected chi connectivity index (χ4v) is 3.46. The van der Waals surface area contributed by atoms with Crippen molar-refractivity contribution in [2.45, 2.75) is 19.3 Å². The number of H-pyrrole nitrogens is 1. The first-order valence-corrected chi connectivity index (χ1v) is 8.74. The molecule has 4 nitrogen and oxygen atoms in total. The first-order chi connectivity index (χ1) is 11.6. The molecule has 0 aliphatic heterocycles. The van der Waals surface area contributed by atoms with Crippen LogP contribution in [0.15, 0.2) is 46.9 Å². The molecule has 1 heterocycles. The number of aromatic amines is 1. The van der Waals surface area contributed by atoms with E-state index in [4.69, 9.17) is 5.73 Å².